The van der Waals surface area contributed by atoms with E-state index in [0.29, 0.717) is 17.9 Å². The minimum absolute atomic E-state index is 0.0524. The van der Waals surface area contributed by atoms with Crippen LogP contribution in [-0.4, -0.2) is 30.5 Å². The predicted molar refractivity (Wildman–Crippen MR) is 82.6 cm³/mol. The molecule has 0 aromatic carbocycles. The molecule has 0 unspecified atom stereocenters. The van der Waals surface area contributed by atoms with Crippen molar-refractivity contribution in [2.45, 2.75) is 50.8 Å². The van der Waals surface area contributed by atoms with E-state index < -0.39 is 10.0 Å². The van der Waals surface area contributed by atoms with Crippen LogP contribution in [0.2, 0.25) is 0 Å². The number of alkyl halides is 1. The van der Waals surface area contributed by atoms with Gasteiger partial charge in [0.2, 0.25) is 10.0 Å². The van der Waals surface area contributed by atoms with Gasteiger partial charge in [-0.15, -0.1) is 0 Å². The summed E-state index contributed by atoms with van der Waals surface area (Å²) < 4.78 is 27.7. The van der Waals surface area contributed by atoms with Gasteiger partial charge in [0.25, 0.3) is 0 Å². The molecule has 0 radical (unpaired) electrons. The number of halogens is 1. The Bertz CT molecular complexity index is 543. The molecule has 0 amide bonds. The highest BCUT2D eigenvalue weighted by Crippen LogP contribution is 2.37. The molecule has 1 fully saturated rings. The fraction of sp³-hybridized carbons (Fsp3) is 0.769. The van der Waals surface area contributed by atoms with E-state index in [9.17, 15) is 8.42 Å². The summed E-state index contributed by atoms with van der Waals surface area (Å²) in [6.07, 6.45) is 5.75. The zero-order valence-corrected chi connectivity index (χ0v) is 14.4. The molecule has 1 aromatic rings. The number of hydrogen-bond acceptors (Lipinski definition) is 3. The van der Waals surface area contributed by atoms with E-state index in [1.54, 1.807) is 13.8 Å². The monoisotopic (exact) mass is 363 g/mol. The van der Waals surface area contributed by atoms with Crippen LogP contribution < -0.4 is 4.72 Å². The lowest BCUT2D eigenvalue weighted by Gasteiger charge is -2.35. The smallest absolute Gasteiger partial charge is 0.244 e. The first kappa shape index (κ1) is 16.0. The third-order valence-corrected chi connectivity index (χ3v) is 7.02. The molecule has 1 aliphatic rings. The van der Waals surface area contributed by atoms with Crippen molar-refractivity contribution in [3.05, 3.63) is 11.4 Å². The molecule has 7 heteroatoms. The first-order valence-electron chi connectivity index (χ1n) is 6.97. The van der Waals surface area contributed by atoms with Crippen LogP contribution in [-0.2, 0) is 10.0 Å². The first-order valence-corrected chi connectivity index (χ1v) is 9.58. The lowest BCUT2D eigenvalue weighted by atomic mass is 9.76. The van der Waals surface area contributed by atoms with Crippen molar-refractivity contribution in [2.75, 3.05) is 11.9 Å². The van der Waals surface area contributed by atoms with Gasteiger partial charge in [0.05, 0.1) is 11.4 Å². The Labute approximate surface area is 129 Å². The van der Waals surface area contributed by atoms with Gasteiger partial charge >= 0.3 is 0 Å². The molecule has 2 N–H and O–H groups in total. The Hall–Kier alpha value is -0.400. The Morgan fingerprint density at radius 2 is 1.95 bits per heavy atom. The highest BCUT2D eigenvalue weighted by atomic mass is 79.9. The number of nitrogens with one attached hydrogen (secondary N) is 2. The highest BCUT2D eigenvalue weighted by Gasteiger charge is 2.33. The lowest BCUT2D eigenvalue weighted by Crippen LogP contribution is -2.40. The van der Waals surface area contributed by atoms with Crippen molar-refractivity contribution in [1.82, 2.24) is 14.9 Å². The normalized spacial score (nSPS) is 19.1. The molecule has 0 spiro atoms. The fourth-order valence-electron chi connectivity index (χ4n) is 2.92. The third-order valence-electron chi connectivity index (χ3n) is 4.16. The second kappa shape index (κ2) is 6.15. The molecule has 0 aliphatic heterocycles. The predicted octanol–water partition coefficient (Wildman–Crippen LogP) is 2.65. The van der Waals surface area contributed by atoms with Crippen LogP contribution >= 0.6 is 15.9 Å². The average molecular weight is 364 g/mol. The molecule has 5 nitrogen and oxygen atoms in total. The van der Waals surface area contributed by atoms with Gasteiger partial charge in [-0.2, -0.15) is 5.10 Å². The van der Waals surface area contributed by atoms with Crippen LogP contribution in [0.1, 0.15) is 43.5 Å². The van der Waals surface area contributed by atoms with E-state index in [-0.39, 0.29) is 10.3 Å². The van der Waals surface area contributed by atoms with E-state index >= 15 is 0 Å². The maximum Gasteiger partial charge on any atom is 0.244 e. The van der Waals surface area contributed by atoms with Gasteiger partial charge in [0.1, 0.15) is 4.90 Å². The molecular weight excluding hydrogens is 342 g/mol. The van der Waals surface area contributed by atoms with Crippen molar-refractivity contribution in [3.63, 3.8) is 0 Å². The number of sulfonamides is 1. The maximum absolute atomic E-state index is 12.4. The van der Waals surface area contributed by atoms with Crippen LogP contribution in [0.4, 0.5) is 0 Å². The minimum Gasteiger partial charge on any atom is -0.281 e. The quantitative estimate of drug-likeness (QED) is 0.789. The van der Waals surface area contributed by atoms with E-state index in [1.807, 2.05) is 0 Å². The van der Waals surface area contributed by atoms with Gasteiger partial charge in [-0.05, 0) is 32.1 Å². The molecule has 1 aromatic heterocycles. The average Bonchev–Trinajstić information content (AvgIpc) is 2.78. The Balaban J connectivity index is 2.13. The molecule has 1 aliphatic carbocycles. The SMILES string of the molecule is Cc1n[nH]c(C)c1S(=O)(=O)NCC1(CBr)CCCCC1. The van der Waals surface area contributed by atoms with Gasteiger partial charge < -0.3 is 0 Å². The van der Waals surface area contributed by atoms with Crippen molar-refractivity contribution >= 4 is 26.0 Å². The molecule has 114 valence electrons. The van der Waals surface area contributed by atoms with Crippen LogP contribution in [0.3, 0.4) is 0 Å². The van der Waals surface area contributed by atoms with Crippen LogP contribution in [0, 0.1) is 19.3 Å². The molecule has 0 bridgehead atoms. The van der Waals surface area contributed by atoms with Gasteiger partial charge in [-0.25, -0.2) is 13.1 Å². The summed E-state index contributed by atoms with van der Waals surface area (Å²) in [7, 11) is -3.49. The molecule has 2 rings (SSSR count). The molecule has 1 heterocycles. The standard InChI is InChI=1S/C13H22BrN3O2S/c1-10-12(11(2)17-16-10)20(18,19)15-9-13(8-14)6-4-3-5-7-13/h15H,3-9H2,1-2H3,(H,16,17). The largest absolute Gasteiger partial charge is 0.281 e. The lowest BCUT2D eigenvalue weighted by molar-refractivity contribution is 0.227. The number of hydrogen-bond donors (Lipinski definition) is 2. The van der Waals surface area contributed by atoms with Crippen LogP contribution in [0.15, 0.2) is 4.90 Å². The van der Waals surface area contributed by atoms with Crippen molar-refractivity contribution in [1.29, 1.82) is 0 Å². The van der Waals surface area contributed by atoms with E-state index in [4.69, 9.17) is 0 Å². The topological polar surface area (TPSA) is 74.8 Å². The minimum atomic E-state index is -3.49. The Morgan fingerprint density at radius 1 is 1.30 bits per heavy atom. The molecular formula is C13H22BrN3O2S. The molecule has 20 heavy (non-hydrogen) atoms. The fourth-order valence-corrected chi connectivity index (χ4v) is 5.20. The Kier molecular flexibility index (Phi) is 4.92. The third kappa shape index (κ3) is 3.26. The van der Waals surface area contributed by atoms with Crippen molar-refractivity contribution < 1.29 is 8.42 Å². The molecule has 1 saturated carbocycles. The zero-order chi connectivity index (χ0) is 14.8. The van der Waals surface area contributed by atoms with E-state index in [1.165, 1.54) is 19.3 Å². The number of H-pyrrole nitrogens is 1. The van der Waals surface area contributed by atoms with Gasteiger partial charge in [-0.3, -0.25) is 5.10 Å². The number of nitrogens with zero attached hydrogens (tertiary/aromatic N) is 1. The van der Waals surface area contributed by atoms with Crippen LogP contribution in [0.25, 0.3) is 0 Å². The summed E-state index contributed by atoms with van der Waals surface area (Å²) in [4.78, 5) is 0.290. The number of aromatic nitrogens is 2. The summed E-state index contributed by atoms with van der Waals surface area (Å²) in [6.45, 7) is 3.93. The van der Waals surface area contributed by atoms with E-state index in [2.05, 4.69) is 30.8 Å². The van der Waals surface area contributed by atoms with Gasteiger partial charge in [0, 0.05) is 11.9 Å². The summed E-state index contributed by atoms with van der Waals surface area (Å²) in [5, 5.41) is 7.53. The molecule has 0 atom stereocenters. The van der Waals surface area contributed by atoms with Crippen LogP contribution in [0.5, 0.6) is 0 Å². The number of aromatic amines is 1. The summed E-state index contributed by atoms with van der Waals surface area (Å²) in [6, 6.07) is 0. The summed E-state index contributed by atoms with van der Waals surface area (Å²) in [5.41, 5.74) is 1.16. The zero-order valence-electron chi connectivity index (χ0n) is 12.0. The van der Waals surface area contributed by atoms with Gasteiger partial charge in [-0.1, -0.05) is 35.2 Å². The maximum atomic E-state index is 12.4. The Morgan fingerprint density at radius 3 is 2.45 bits per heavy atom. The summed E-state index contributed by atoms with van der Waals surface area (Å²) >= 11 is 3.56. The van der Waals surface area contributed by atoms with Gasteiger partial charge in [0.15, 0.2) is 0 Å². The van der Waals surface area contributed by atoms with E-state index in [0.717, 1.165) is 18.2 Å². The highest BCUT2D eigenvalue weighted by molar-refractivity contribution is 9.09. The second-order valence-electron chi connectivity index (χ2n) is 5.78. The first-order chi connectivity index (χ1) is 9.40. The number of aryl methyl sites for hydroxylation is 2. The second-order valence-corrected chi connectivity index (χ2v) is 8.05. The van der Waals surface area contributed by atoms with Crippen molar-refractivity contribution in [2.24, 2.45) is 5.41 Å². The molecule has 0 saturated heterocycles. The summed E-state index contributed by atoms with van der Waals surface area (Å²) in [5.74, 6) is 0. The van der Waals surface area contributed by atoms with Crippen molar-refractivity contribution in [3.8, 4) is 0 Å². The number of rotatable bonds is 5.